The maximum absolute atomic E-state index is 9.63. The van der Waals surface area contributed by atoms with E-state index in [-0.39, 0.29) is 5.75 Å². The number of benzene rings is 1. The largest absolute Gasteiger partial charge is 0.504 e. The van der Waals surface area contributed by atoms with Crippen LogP contribution >= 0.6 is 0 Å². The Morgan fingerprint density at radius 2 is 2.09 bits per heavy atom. The predicted molar refractivity (Wildman–Crippen MR) is 85.3 cm³/mol. The fourth-order valence-electron chi connectivity index (χ4n) is 4.06. The SMILES string of the molecule is Oc1coc2cc(OC[C@@H]3CCCN4CCCC[C@H]34)ccc12. The normalized spacial score (nSPS) is 26.0. The van der Waals surface area contributed by atoms with Gasteiger partial charge >= 0.3 is 0 Å². The minimum Gasteiger partial charge on any atom is -0.504 e. The highest BCUT2D eigenvalue weighted by atomic mass is 16.5. The van der Waals surface area contributed by atoms with Crippen molar-refractivity contribution in [2.75, 3.05) is 19.7 Å². The van der Waals surface area contributed by atoms with Crippen molar-refractivity contribution in [1.29, 1.82) is 0 Å². The fraction of sp³-hybridized carbons (Fsp3) is 0.556. The van der Waals surface area contributed by atoms with Crippen molar-refractivity contribution in [3.8, 4) is 11.5 Å². The summed E-state index contributed by atoms with van der Waals surface area (Å²) in [5, 5.41) is 10.4. The number of rotatable bonds is 3. The summed E-state index contributed by atoms with van der Waals surface area (Å²) in [5.74, 6) is 1.65. The number of nitrogens with zero attached hydrogens (tertiary/aromatic N) is 1. The lowest BCUT2D eigenvalue weighted by molar-refractivity contribution is 0.0366. The zero-order chi connectivity index (χ0) is 14.9. The Bertz CT molecular complexity index is 649. The van der Waals surface area contributed by atoms with E-state index in [1.54, 1.807) is 0 Å². The highest BCUT2D eigenvalue weighted by Crippen LogP contribution is 2.33. The molecule has 4 nitrogen and oxygen atoms in total. The zero-order valence-corrected chi connectivity index (χ0v) is 12.8. The first-order valence-corrected chi connectivity index (χ1v) is 8.38. The first-order valence-electron chi connectivity index (χ1n) is 8.38. The van der Waals surface area contributed by atoms with Crippen LogP contribution in [0.25, 0.3) is 11.0 Å². The van der Waals surface area contributed by atoms with E-state index in [0.717, 1.165) is 17.7 Å². The number of ether oxygens (including phenoxy) is 1. The van der Waals surface area contributed by atoms with Crippen molar-refractivity contribution in [3.05, 3.63) is 24.5 Å². The van der Waals surface area contributed by atoms with E-state index in [2.05, 4.69) is 4.90 Å². The maximum Gasteiger partial charge on any atom is 0.161 e. The van der Waals surface area contributed by atoms with Crippen molar-refractivity contribution in [1.82, 2.24) is 4.90 Å². The third-order valence-corrected chi connectivity index (χ3v) is 5.22. The highest BCUT2D eigenvalue weighted by molar-refractivity contribution is 5.84. The molecule has 0 aliphatic carbocycles. The topological polar surface area (TPSA) is 45.8 Å². The van der Waals surface area contributed by atoms with Crippen LogP contribution in [0.1, 0.15) is 32.1 Å². The molecule has 2 fully saturated rings. The molecule has 0 radical (unpaired) electrons. The Morgan fingerprint density at radius 1 is 1.18 bits per heavy atom. The summed E-state index contributed by atoms with van der Waals surface area (Å²) in [4.78, 5) is 2.66. The molecule has 2 saturated heterocycles. The van der Waals surface area contributed by atoms with Crippen molar-refractivity contribution < 1.29 is 14.3 Å². The van der Waals surface area contributed by atoms with Gasteiger partial charge in [-0.1, -0.05) is 6.42 Å². The van der Waals surface area contributed by atoms with E-state index in [1.807, 2.05) is 18.2 Å². The zero-order valence-electron chi connectivity index (χ0n) is 12.8. The van der Waals surface area contributed by atoms with Gasteiger partial charge in [0.25, 0.3) is 0 Å². The fourth-order valence-corrected chi connectivity index (χ4v) is 4.06. The molecule has 0 amide bonds. The average molecular weight is 301 g/mol. The first kappa shape index (κ1) is 13.9. The summed E-state index contributed by atoms with van der Waals surface area (Å²) in [6.45, 7) is 3.30. The van der Waals surface area contributed by atoms with Crippen LogP contribution in [-0.4, -0.2) is 35.7 Å². The molecule has 0 unspecified atom stereocenters. The van der Waals surface area contributed by atoms with Crippen LogP contribution in [0.4, 0.5) is 0 Å². The van der Waals surface area contributed by atoms with E-state index in [4.69, 9.17) is 9.15 Å². The Morgan fingerprint density at radius 3 is 3.05 bits per heavy atom. The molecule has 2 aromatic rings. The summed E-state index contributed by atoms with van der Waals surface area (Å²) in [6.07, 6.45) is 7.95. The lowest BCUT2D eigenvalue weighted by Crippen LogP contribution is -2.49. The van der Waals surface area contributed by atoms with Gasteiger partial charge in [-0.15, -0.1) is 0 Å². The van der Waals surface area contributed by atoms with Crippen LogP contribution in [0.15, 0.2) is 28.9 Å². The van der Waals surface area contributed by atoms with Gasteiger partial charge in [-0.3, -0.25) is 4.90 Å². The Hall–Kier alpha value is -1.68. The molecule has 2 atom stereocenters. The molecule has 0 bridgehead atoms. The number of hydrogen-bond acceptors (Lipinski definition) is 4. The minimum atomic E-state index is 0.187. The summed E-state index contributed by atoms with van der Waals surface area (Å²) < 4.78 is 11.4. The molecule has 0 spiro atoms. The van der Waals surface area contributed by atoms with Crippen LogP contribution < -0.4 is 4.74 Å². The first-order chi connectivity index (χ1) is 10.8. The smallest absolute Gasteiger partial charge is 0.161 e. The van der Waals surface area contributed by atoms with Crippen LogP contribution in [0.2, 0.25) is 0 Å². The number of aromatic hydroxyl groups is 1. The molecule has 4 heteroatoms. The Kier molecular flexibility index (Phi) is 3.70. The monoisotopic (exact) mass is 301 g/mol. The van der Waals surface area contributed by atoms with E-state index >= 15 is 0 Å². The second-order valence-corrected chi connectivity index (χ2v) is 6.59. The molecule has 1 aromatic carbocycles. The number of fused-ring (bicyclic) bond motifs is 2. The lowest BCUT2D eigenvalue weighted by atomic mass is 9.84. The molecule has 1 N–H and O–H groups in total. The molecule has 4 rings (SSSR count). The number of furan rings is 1. The van der Waals surface area contributed by atoms with Crippen LogP contribution in [0, 0.1) is 5.92 Å². The average Bonchev–Trinajstić information content (AvgIpc) is 2.93. The van der Waals surface area contributed by atoms with Gasteiger partial charge in [-0.25, -0.2) is 0 Å². The van der Waals surface area contributed by atoms with Crippen molar-refractivity contribution in [3.63, 3.8) is 0 Å². The predicted octanol–water partition coefficient (Wildman–Crippen LogP) is 3.78. The van der Waals surface area contributed by atoms with Crippen molar-refractivity contribution in [2.24, 2.45) is 5.92 Å². The quantitative estimate of drug-likeness (QED) is 0.937. The maximum atomic E-state index is 9.63. The summed E-state index contributed by atoms with van der Waals surface area (Å²) in [7, 11) is 0. The van der Waals surface area contributed by atoms with E-state index in [0.29, 0.717) is 17.5 Å². The van der Waals surface area contributed by atoms with Gasteiger partial charge in [0, 0.05) is 18.0 Å². The molecular weight excluding hydrogens is 278 g/mol. The molecule has 22 heavy (non-hydrogen) atoms. The van der Waals surface area contributed by atoms with Gasteiger partial charge in [-0.2, -0.15) is 0 Å². The van der Waals surface area contributed by atoms with Gasteiger partial charge in [0.1, 0.15) is 17.6 Å². The Labute approximate surface area is 130 Å². The lowest BCUT2D eigenvalue weighted by Gasteiger charge is -2.44. The van der Waals surface area contributed by atoms with Gasteiger partial charge in [0.2, 0.25) is 0 Å². The summed E-state index contributed by atoms with van der Waals surface area (Å²) in [6, 6.07) is 6.35. The molecule has 118 valence electrons. The molecule has 1 aromatic heterocycles. The summed E-state index contributed by atoms with van der Waals surface area (Å²) >= 11 is 0. The number of hydrogen-bond donors (Lipinski definition) is 1. The minimum absolute atomic E-state index is 0.187. The van der Waals surface area contributed by atoms with Crippen LogP contribution in [0.3, 0.4) is 0 Å². The third kappa shape index (κ3) is 2.56. The molecule has 2 aliphatic rings. The highest BCUT2D eigenvalue weighted by Gasteiger charge is 2.33. The molecule has 3 heterocycles. The molecular formula is C18H23NO3. The third-order valence-electron chi connectivity index (χ3n) is 5.22. The van der Waals surface area contributed by atoms with E-state index in [1.165, 1.54) is 51.5 Å². The molecule has 2 aliphatic heterocycles. The van der Waals surface area contributed by atoms with Gasteiger partial charge in [0.05, 0.1) is 12.0 Å². The second-order valence-electron chi connectivity index (χ2n) is 6.59. The van der Waals surface area contributed by atoms with Crippen molar-refractivity contribution in [2.45, 2.75) is 38.1 Å². The Balaban J connectivity index is 1.44. The second kappa shape index (κ2) is 5.84. The summed E-state index contributed by atoms with van der Waals surface area (Å²) in [5.41, 5.74) is 0.679. The van der Waals surface area contributed by atoms with E-state index in [9.17, 15) is 5.11 Å². The van der Waals surface area contributed by atoms with Crippen molar-refractivity contribution >= 4 is 11.0 Å². The van der Waals surface area contributed by atoms with Crippen LogP contribution in [-0.2, 0) is 0 Å². The van der Waals surface area contributed by atoms with E-state index < -0.39 is 0 Å². The van der Waals surface area contributed by atoms with Crippen LogP contribution in [0.5, 0.6) is 11.5 Å². The van der Waals surface area contributed by atoms with Gasteiger partial charge in [0.15, 0.2) is 5.75 Å². The van der Waals surface area contributed by atoms with Gasteiger partial charge < -0.3 is 14.3 Å². The standard InChI is InChI=1S/C18H23NO3/c20-17-12-22-18-10-14(6-7-15(17)18)21-11-13-4-3-9-19-8-2-1-5-16(13)19/h6-7,10,12-13,16,20H,1-5,8-9,11H2/t13-,16+/m0/s1. The van der Waals surface area contributed by atoms with Gasteiger partial charge in [-0.05, 0) is 50.9 Å². The molecule has 0 saturated carbocycles. The number of piperidine rings is 2.